The zero-order valence-electron chi connectivity index (χ0n) is 10.2. The molecule has 0 aliphatic rings. The third-order valence-corrected chi connectivity index (χ3v) is 2.27. The summed E-state index contributed by atoms with van der Waals surface area (Å²) in [5.74, 6) is 0.390. The minimum absolute atomic E-state index is 0.0490. The van der Waals surface area contributed by atoms with Crippen molar-refractivity contribution in [2.45, 2.75) is 6.54 Å². The van der Waals surface area contributed by atoms with Crippen molar-refractivity contribution in [3.63, 3.8) is 0 Å². The van der Waals surface area contributed by atoms with Crippen molar-refractivity contribution in [3.8, 4) is 0 Å². The number of furan rings is 1. The van der Waals surface area contributed by atoms with Gasteiger partial charge < -0.3 is 10.2 Å². The van der Waals surface area contributed by atoms with Gasteiger partial charge in [-0.3, -0.25) is 10.6 Å². The summed E-state index contributed by atoms with van der Waals surface area (Å²) >= 11 is 0. The normalized spacial score (nSPS) is 11.1. The van der Waals surface area contributed by atoms with Gasteiger partial charge in [-0.15, -0.1) is 0 Å². The van der Waals surface area contributed by atoms with E-state index in [0.717, 1.165) is 5.56 Å². The van der Waals surface area contributed by atoms with Crippen molar-refractivity contribution in [3.05, 3.63) is 54.3 Å². The smallest absolute Gasteiger partial charge is 0.328 e. The van der Waals surface area contributed by atoms with Crippen LogP contribution in [-0.2, 0) is 6.54 Å². The Morgan fingerprint density at radius 3 is 2.68 bits per heavy atom. The molecule has 6 heteroatoms. The molecule has 0 atom stereocenters. The van der Waals surface area contributed by atoms with E-state index in [2.05, 4.69) is 15.6 Å². The van der Waals surface area contributed by atoms with Gasteiger partial charge in [0.05, 0.1) is 12.8 Å². The number of nitrogens with one attached hydrogen (secondary N) is 2. The van der Waals surface area contributed by atoms with Gasteiger partial charge in [-0.25, -0.2) is 9.79 Å². The predicted octanol–water partition coefficient (Wildman–Crippen LogP) is 1.92. The molecule has 0 saturated heterocycles. The van der Waals surface area contributed by atoms with Crippen LogP contribution in [0.1, 0.15) is 5.56 Å². The Bertz CT molecular complexity index is 549. The largest absolute Gasteiger partial charge is 0.449 e. The summed E-state index contributed by atoms with van der Waals surface area (Å²) in [4.78, 5) is 15.5. The van der Waals surface area contributed by atoms with Crippen molar-refractivity contribution in [2.75, 3.05) is 5.32 Å². The Morgan fingerprint density at radius 1 is 1.21 bits per heavy atom. The number of benzene rings is 1. The molecule has 4 N–H and O–H groups in total. The van der Waals surface area contributed by atoms with Crippen molar-refractivity contribution in [1.29, 1.82) is 0 Å². The van der Waals surface area contributed by atoms with Gasteiger partial charge in [-0.05, 0) is 11.6 Å². The van der Waals surface area contributed by atoms with Gasteiger partial charge in [0.25, 0.3) is 0 Å². The summed E-state index contributed by atoms with van der Waals surface area (Å²) < 4.78 is 4.96. The van der Waals surface area contributed by atoms with Crippen LogP contribution in [-0.4, -0.2) is 12.0 Å². The molecule has 2 amide bonds. The molecule has 0 spiro atoms. The number of carbonyl (C=O) groups excluding carboxylic acids is 1. The first-order chi connectivity index (χ1) is 9.24. The molecule has 0 unspecified atom stereocenters. The average Bonchev–Trinajstić information content (AvgIpc) is 2.90. The second-order valence-corrected chi connectivity index (χ2v) is 3.74. The zero-order valence-corrected chi connectivity index (χ0v) is 10.2. The van der Waals surface area contributed by atoms with E-state index in [-0.39, 0.29) is 5.96 Å². The highest BCUT2D eigenvalue weighted by Crippen LogP contribution is 2.05. The number of nitrogens with two attached hydrogens (primary N) is 1. The first-order valence-electron chi connectivity index (χ1n) is 5.69. The standard InChI is InChI=1S/C13H14N4O2/c14-12(15-9-10-5-2-1-3-6-10)17-13(18)16-11-7-4-8-19-11/h1-8H,9H2,(H4,14,15,16,17,18). The lowest BCUT2D eigenvalue weighted by atomic mass is 10.2. The number of anilines is 1. The third kappa shape index (κ3) is 4.19. The summed E-state index contributed by atoms with van der Waals surface area (Å²) in [6.07, 6.45) is 1.46. The fourth-order valence-corrected chi connectivity index (χ4v) is 1.41. The average molecular weight is 258 g/mol. The number of carbonyl (C=O) groups is 1. The molecule has 0 bridgehead atoms. The Labute approximate surface area is 110 Å². The summed E-state index contributed by atoms with van der Waals surface area (Å²) in [5, 5.41) is 4.88. The second-order valence-electron chi connectivity index (χ2n) is 3.74. The molecular formula is C13H14N4O2. The summed E-state index contributed by atoms with van der Waals surface area (Å²) in [6.45, 7) is 0.410. The van der Waals surface area contributed by atoms with Crippen LogP contribution >= 0.6 is 0 Å². The highest BCUT2D eigenvalue weighted by Gasteiger charge is 2.04. The minimum Gasteiger partial charge on any atom is -0.449 e. The highest BCUT2D eigenvalue weighted by atomic mass is 16.3. The molecule has 1 aromatic carbocycles. The van der Waals surface area contributed by atoms with Gasteiger partial charge in [0, 0.05) is 6.07 Å². The van der Waals surface area contributed by atoms with Crippen LogP contribution < -0.4 is 16.4 Å². The van der Waals surface area contributed by atoms with Gasteiger partial charge in [-0.2, -0.15) is 0 Å². The van der Waals surface area contributed by atoms with E-state index in [1.165, 1.54) is 6.26 Å². The fraction of sp³-hybridized carbons (Fsp3) is 0.0769. The fourth-order valence-electron chi connectivity index (χ4n) is 1.41. The number of rotatable bonds is 3. The van der Waals surface area contributed by atoms with Gasteiger partial charge >= 0.3 is 6.03 Å². The number of guanidine groups is 1. The number of urea groups is 1. The Kier molecular flexibility index (Phi) is 4.17. The number of aliphatic imine (C=N–C) groups is 1. The van der Waals surface area contributed by atoms with E-state index in [1.807, 2.05) is 30.3 Å². The van der Waals surface area contributed by atoms with Gasteiger partial charge in [-0.1, -0.05) is 30.3 Å². The second kappa shape index (κ2) is 6.25. The quantitative estimate of drug-likeness (QED) is 0.580. The van der Waals surface area contributed by atoms with Crippen LogP contribution in [0.15, 0.2) is 58.1 Å². The maximum absolute atomic E-state index is 11.5. The predicted molar refractivity (Wildman–Crippen MR) is 72.6 cm³/mol. The zero-order chi connectivity index (χ0) is 13.5. The van der Waals surface area contributed by atoms with E-state index >= 15 is 0 Å². The lowest BCUT2D eigenvalue weighted by molar-refractivity contribution is 0.255. The Morgan fingerprint density at radius 2 is 2.00 bits per heavy atom. The Hall–Kier alpha value is -2.76. The molecule has 19 heavy (non-hydrogen) atoms. The summed E-state index contributed by atoms with van der Waals surface area (Å²) in [7, 11) is 0. The van der Waals surface area contributed by atoms with Gasteiger partial charge in [0.15, 0.2) is 5.96 Å². The molecule has 0 saturated carbocycles. The summed E-state index contributed by atoms with van der Waals surface area (Å²) in [6, 6.07) is 12.4. The molecule has 0 fully saturated rings. The van der Waals surface area contributed by atoms with Crippen LogP contribution in [0, 0.1) is 0 Å². The first kappa shape index (κ1) is 12.7. The van der Waals surface area contributed by atoms with Gasteiger partial charge in [0.1, 0.15) is 0 Å². The van der Waals surface area contributed by atoms with Crippen molar-refractivity contribution >= 4 is 17.9 Å². The van der Waals surface area contributed by atoms with E-state index in [1.54, 1.807) is 12.1 Å². The van der Waals surface area contributed by atoms with E-state index in [4.69, 9.17) is 10.2 Å². The Balaban J connectivity index is 1.83. The van der Waals surface area contributed by atoms with Crippen LogP contribution in [0.25, 0.3) is 0 Å². The monoisotopic (exact) mass is 258 g/mol. The lowest BCUT2D eigenvalue weighted by Gasteiger charge is -2.04. The molecule has 6 nitrogen and oxygen atoms in total. The molecule has 2 rings (SSSR count). The first-order valence-corrected chi connectivity index (χ1v) is 5.69. The molecule has 1 aromatic heterocycles. The molecule has 0 aliphatic carbocycles. The maximum atomic E-state index is 11.5. The highest BCUT2D eigenvalue weighted by molar-refractivity contribution is 6.01. The molecule has 1 heterocycles. The van der Waals surface area contributed by atoms with Crippen LogP contribution in [0.5, 0.6) is 0 Å². The van der Waals surface area contributed by atoms with Crippen molar-refractivity contribution < 1.29 is 9.21 Å². The van der Waals surface area contributed by atoms with E-state index in [0.29, 0.717) is 12.4 Å². The number of hydrogen-bond donors (Lipinski definition) is 3. The van der Waals surface area contributed by atoms with Crippen molar-refractivity contribution in [2.24, 2.45) is 10.7 Å². The molecule has 0 aliphatic heterocycles. The van der Waals surface area contributed by atoms with Gasteiger partial charge in [0.2, 0.25) is 5.88 Å². The number of nitrogens with zero attached hydrogens (tertiary/aromatic N) is 1. The topological polar surface area (TPSA) is 92.6 Å². The van der Waals surface area contributed by atoms with Crippen LogP contribution in [0.2, 0.25) is 0 Å². The number of hydrogen-bond acceptors (Lipinski definition) is 3. The summed E-state index contributed by atoms with van der Waals surface area (Å²) in [5.41, 5.74) is 6.61. The van der Waals surface area contributed by atoms with Crippen LogP contribution in [0.4, 0.5) is 10.7 Å². The van der Waals surface area contributed by atoms with Crippen molar-refractivity contribution in [1.82, 2.24) is 5.32 Å². The SMILES string of the molecule is NC(=NCc1ccccc1)NC(=O)Nc1ccco1. The minimum atomic E-state index is -0.496. The molecule has 2 aromatic rings. The number of amides is 2. The maximum Gasteiger partial charge on any atom is 0.328 e. The molecule has 0 radical (unpaired) electrons. The van der Waals surface area contributed by atoms with E-state index < -0.39 is 6.03 Å². The van der Waals surface area contributed by atoms with E-state index in [9.17, 15) is 4.79 Å². The third-order valence-electron chi connectivity index (χ3n) is 2.27. The van der Waals surface area contributed by atoms with Crippen LogP contribution in [0.3, 0.4) is 0 Å². The molecule has 98 valence electrons. The lowest BCUT2D eigenvalue weighted by Crippen LogP contribution is -2.39. The molecular weight excluding hydrogens is 244 g/mol.